The van der Waals surface area contributed by atoms with Crippen molar-refractivity contribution >= 4 is 5.91 Å². The number of hydrogen-bond acceptors (Lipinski definition) is 3. The molecule has 1 heterocycles. The number of amides is 1. The van der Waals surface area contributed by atoms with Crippen LogP contribution in [0.2, 0.25) is 0 Å². The SMILES string of the molecule is Cc1cc(C)cc(OCCC(C#N)C(=O)N2CCCCCC2)c1. The molecule has 1 aliphatic rings. The summed E-state index contributed by atoms with van der Waals surface area (Å²) < 4.78 is 5.74. The third-order valence-corrected chi connectivity index (χ3v) is 4.24. The lowest BCUT2D eigenvalue weighted by Gasteiger charge is -2.23. The van der Waals surface area contributed by atoms with Gasteiger partial charge in [0.1, 0.15) is 11.7 Å². The number of likely N-dealkylation sites (tertiary alicyclic amines) is 1. The van der Waals surface area contributed by atoms with Crippen molar-refractivity contribution in [2.45, 2.75) is 46.0 Å². The molecule has 0 aromatic heterocycles. The molecule has 0 N–H and O–H groups in total. The van der Waals surface area contributed by atoms with Crippen LogP contribution < -0.4 is 4.74 Å². The normalized spacial score (nSPS) is 16.3. The van der Waals surface area contributed by atoms with Gasteiger partial charge in [-0.2, -0.15) is 5.26 Å². The summed E-state index contributed by atoms with van der Waals surface area (Å²) >= 11 is 0. The molecule has 0 saturated carbocycles. The third kappa shape index (κ3) is 5.28. The van der Waals surface area contributed by atoms with Crippen molar-refractivity contribution in [3.05, 3.63) is 29.3 Å². The minimum absolute atomic E-state index is 0.0292. The molecule has 0 bridgehead atoms. The quantitative estimate of drug-likeness (QED) is 0.834. The Bertz CT molecular complexity index is 549. The van der Waals surface area contributed by atoms with Crippen molar-refractivity contribution in [2.75, 3.05) is 19.7 Å². The molecule has 4 nitrogen and oxygen atoms in total. The fourth-order valence-electron chi connectivity index (χ4n) is 3.07. The Morgan fingerprint density at radius 3 is 2.35 bits per heavy atom. The second-order valence-electron chi connectivity index (χ2n) is 6.38. The molecule has 1 aromatic carbocycles. The molecule has 1 amide bonds. The van der Waals surface area contributed by atoms with Crippen LogP contribution in [0, 0.1) is 31.1 Å². The number of nitrogens with zero attached hydrogens (tertiary/aromatic N) is 2. The lowest BCUT2D eigenvalue weighted by atomic mass is 10.1. The summed E-state index contributed by atoms with van der Waals surface area (Å²) in [7, 11) is 0. The topological polar surface area (TPSA) is 53.3 Å². The molecule has 1 unspecified atom stereocenters. The summed E-state index contributed by atoms with van der Waals surface area (Å²) in [6.07, 6.45) is 4.89. The molecule has 2 rings (SSSR count). The van der Waals surface area contributed by atoms with Gasteiger partial charge in [-0.15, -0.1) is 0 Å². The number of carbonyl (C=O) groups is 1. The lowest BCUT2D eigenvalue weighted by molar-refractivity contribution is -0.134. The van der Waals surface area contributed by atoms with Crippen molar-refractivity contribution in [1.82, 2.24) is 4.90 Å². The van der Waals surface area contributed by atoms with Gasteiger partial charge in [0.05, 0.1) is 12.7 Å². The van der Waals surface area contributed by atoms with Crippen LogP contribution in [0.15, 0.2) is 18.2 Å². The van der Waals surface area contributed by atoms with E-state index in [1.54, 1.807) is 0 Å². The molecule has 0 spiro atoms. The predicted molar refractivity (Wildman–Crippen MR) is 90.2 cm³/mol. The van der Waals surface area contributed by atoms with Gasteiger partial charge in [0.2, 0.25) is 5.91 Å². The third-order valence-electron chi connectivity index (χ3n) is 4.24. The summed E-state index contributed by atoms with van der Waals surface area (Å²) in [5.41, 5.74) is 2.30. The smallest absolute Gasteiger partial charge is 0.240 e. The summed E-state index contributed by atoms with van der Waals surface area (Å²) in [5.74, 6) is 0.179. The molecule has 1 fully saturated rings. The molecule has 4 heteroatoms. The molecule has 23 heavy (non-hydrogen) atoms. The Balaban J connectivity index is 1.86. The number of nitriles is 1. The van der Waals surface area contributed by atoms with Crippen LogP contribution in [0.3, 0.4) is 0 Å². The maximum atomic E-state index is 12.5. The van der Waals surface area contributed by atoms with Gasteiger partial charge in [0.15, 0.2) is 0 Å². The standard InChI is InChI=1S/C19H26N2O2/c1-15-11-16(2)13-18(12-15)23-10-7-17(14-20)19(22)21-8-5-3-4-6-9-21/h11-13,17H,3-10H2,1-2H3. The van der Waals surface area contributed by atoms with Crippen molar-refractivity contribution < 1.29 is 9.53 Å². The largest absolute Gasteiger partial charge is 0.494 e. The minimum Gasteiger partial charge on any atom is -0.494 e. The number of benzene rings is 1. The van der Waals surface area contributed by atoms with Crippen LogP contribution in [0.25, 0.3) is 0 Å². The Hall–Kier alpha value is -2.02. The van der Waals surface area contributed by atoms with Gasteiger partial charge in [-0.3, -0.25) is 4.79 Å². The molecule has 0 radical (unpaired) electrons. The molecule has 124 valence electrons. The van der Waals surface area contributed by atoms with E-state index < -0.39 is 5.92 Å². The average Bonchev–Trinajstić information content (AvgIpc) is 2.79. The lowest BCUT2D eigenvalue weighted by Crippen LogP contribution is -2.37. The highest BCUT2D eigenvalue weighted by Crippen LogP contribution is 2.18. The zero-order valence-corrected chi connectivity index (χ0v) is 14.2. The van der Waals surface area contributed by atoms with Crippen LogP contribution in [0.5, 0.6) is 5.75 Å². The molecule has 1 aromatic rings. The first-order chi connectivity index (χ1) is 11.1. The van der Waals surface area contributed by atoms with E-state index in [9.17, 15) is 10.1 Å². The second-order valence-corrected chi connectivity index (χ2v) is 6.38. The molecule has 1 atom stereocenters. The molecule has 1 aliphatic heterocycles. The van der Waals surface area contributed by atoms with Crippen LogP contribution in [-0.4, -0.2) is 30.5 Å². The van der Waals surface area contributed by atoms with E-state index in [4.69, 9.17) is 4.74 Å². The van der Waals surface area contributed by atoms with Crippen LogP contribution in [-0.2, 0) is 4.79 Å². The van der Waals surface area contributed by atoms with Crippen LogP contribution in [0.1, 0.15) is 43.2 Å². The van der Waals surface area contributed by atoms with E-state index in [1.807, 2.05) is 30.9 Å². The highest BCUT2D eigenvalue weighted by atomic mass is 16.5. The van der Waals surface area contributed by atoms with Crippen molar-refractivity contribution in [2.24, 2.45) is 5.92 Å². The van der Waals surface area contributed by atoms with Crippen molar-refractivity contribution in [1.29, 1.82) is 5.26 Å². The monoisotopic (exact) mass is 314 g/mol. The first-order valence-electron chi connectivity index (χ1n) is 8.49. The number of hydrogen-bond donors (Lipinski definition) is 0. The van der Waals surface area contributed by atoms with E-state index in [1.165, 1.54) is 12.8 Å². The molecule has 1 saturated heterocycles. The zero-order chi connectivity index (χ0) is 16.7. The Morgan fingerprint density at radius 2 is 1.78 bits per heavy atom. The molecular weight excluding hydrogens is 288 g/mol. The minimum atomic E-state index is -0.598. The average molecular weight is 314 g/mol. The van der Waals surface area contributed by atoms with E-state index in [0.29, 0.717) is 13.0 Å². The van der Waals surface area contributed by atoms with Gasteiger partial charge in [-0.25, -0.2) is 0 Å². The number of ether oxygens (including phenoxy) is 1. The van der Waals surface area contributed by atoms with Gasteiger partial charge >= 0.3 is 0 Å². The van der Waals surface area contributed by atoms with Crippen molar-refractivity contribution in [3.63, 3.8) is 0 Å². The van der Waals surface area contributed by atoms with Gasteiger partial charge < -0.3 is 9.64 Å². The second kappa shape index (κ2) is 8.57. The molecular formula is C19H26N2O2. The fraction of sp³-hybridized carbons (Fsp3) is 0.579. The van der Waals surface area contributed by atoms with E-state index >= 15 is 0 Å². The van der Waals surface area contributed by atoms with E-state index in [0.717, 1.165) is 42.8 Å². The van der Waals surface area contributed by atoms with Gasteiger partial charge in [-0.05, 0) is 49.9 Å². The maximum absolute atomic E-state index is 12.5. The maximum Gasteiger partial charge on any atom is 0.240 e. The number of carbonyl (C=O) groups excluding carboxylic acids is 1. The summed E-state index contributed by atoms with van der Waals surface area (Å²) in [4.78, 5) is 14.3. The number of rotatable bonds is 5. The first kappa shape index (κ1) is 17.3. The van der Waals surface area contributed by atoms with Gasteiger partial charge in [-0.1, -0.05) is 18.9 Å². The number of aryl methyl sites for hydroxylation is 2. The highest BCUT2D eigenvalue weighted by molar-refractivity contribution is 5.81. The van der Waals surface area contributed by atoms with Crippen LogP contribution in [0.4, 0.5) is 0 Å². The van der Waals surface area contributed by atoms with Crippen molar-refractivity contribution in [3.8, 4) is 11.8 Å². The Labute approximate surface area is 139 Å². The van der Waals surface area contributed by atoms with Crippen LogP contribution >= 0.6 is 0 Å². The summed E-state index contributed by atoms with van der Waals surface area (Å²) in [5, 5.41) is 9.33. The van der Waals surface area contributed by atoms with E-state index in [-0.39, 0.29) is 5.91 Å². The summed E-state index contributed by atoms with van der Waals surface area (Å²) in [6.45, 7) is 6.02. The van der Waals surface area contributed by atoms with Gasteiger partial charge in [0, 0.05) is 19.5 Å². The Kier molecular flexibility index (Phi) is 6.46. The fourth-order valence-corrected chi connectivity index (χ4v) is 3.07. The molecule has 0 aliphatic carbocycles. The van der Waals surface area contributed by atoms with Gasteiger partial charge in [0.25, 0.3) is 0 Å². The highest BCUT2D eigenvalue weighted by Gasteiger charge is 2.24. The Morgan fingerprint density at radius 1 is 1.17 bits per heavy atom. The predicted octanol–water partition coefficient (Wildman–Crippen LogP) is 3.61. The first-order valence-corrected chi connectivity index (χ1v) is 8.49. The summed E-state index contributed by atoms with van der Waals surface area (Å²) in [6, 6.07) is 8.20. The van der Waals surface area contributed by atoms with E-state index in [2.05, 4.69) is 12.1 Å². The zero-order valence-electron chi connectivity index (χ0n) is 14.2.